The largest absolute Gasteiger partial charge is 0.327 e. The van der Waals surface area contributed by atoms with Crippen molar-refractivity contribution in [3.63, 3.8) is 0 Å². The Morgan fingerprint density at radius 1 is 1.50 bits per heavy atom. The summed E-state index contributed by atoms with van der Waals surface area (Å²) < 4.78 is 0. The summed E-state index contributed by atoms with van der Waals surface area (Å²) in [6, 6.07) is 0.322. The van der Waals surface area contributed by atoms with Crippen LogP contribution in [0, 0.1) is 11.3 Å². The second kappa shape index (κ2) is 4.48. The molecule has 0 heterocycles. The highest BCUT2D eigenvalue weighted by atomic mass is 14.7. The van der Waals surface area contributed by atoms with Gasteiger partial charge in [-0.15, -0.1) is 6.58 Å². The van der Waals surface area contributed by atoms with E-state index in [9.17, 15) is 0 Å². The number of rotatable bonds is 3. The van der Waals surface area contributed by atoms with Crippen molar-refractivity contribution in [1.29, 1.82) is 0 Å². The maximum atomic E-state index is 6.26. The Hall–Kier alpha value is -0.300. The van der Waals surface area contributed by atoms with Gasteiger partial charge in [-0.3, -0.25) is 0 Å². The minimum Gasteiger partial charge on any atom is -0.327 e. The van der Waals surface area contributed by atoms with Gasteiger partial charge in [-0.05, 0) is 37.5 Å². The Bertz CT molecular complexity index is 205. The molecule has 14 heavy (non-hydrogen) atoms. The predicted octanol–water partition coefficient (Wildman–Crippen LogP) is 3.50. The monoisotopic (exact) mass is 195 g/mol. The van der Waals surface area contributed by atoms with E-state index in [0.717, 1.165) is 6.42 Å². The van der Waals surface area contributed by atoms with Crippen LogP contribution in [0.15, 0.2) is 12.2 Å². The van der Waals surface area contributed by atoms with Gasteiger partial charge in [0, 0.05) is 6.04 Å². The summed E-state index contributed by atoms with van der Waals surface area (Å²) in [4.78, 5) is 0. The zero-order valence-electron chi connectivity index (χ0n) is 9.97. The average Bonchev–Trinajstić information content (AvgIpc) is 2.01. The minimum atomic E-state index is 0.322. The van der Waals surface area contributed by atoms with Crippen molar-refractivity contribution < 1.29 is 0 Å². The molecule has 0 aliphatic heterocycles. The molecule has 1 heteroatoms. The molecule has 1 aliphatic rings. The molecule has 1 rings (SSSR count). The number of nitrogens with two attached hydrogens (primary N) is 1. The molecule has 0 aromatic heterocycles. The van der Waals surface area contributed by atoms with Gasteiger partial charge in [0.2, 0.25) is 0 Å². The van der Waals surface area contributed by atoms with Crippen LogP contribution in [0.2, 0.25) is 0 Å². The molecule has 0 aromatic rings. The maximum Gasteiger partial charge on any atom is 0.0109 e. The Morgan fingerprint density at radius 3 is 2.64 bits per heavy atom. The van der Waals surface area contributed by atoms with Gasteiger partial charge in [0.15, 0.2) is 0 Å². The van der Waals surface area contributed by atoms with Crippen LogP contribution < -0.4 is 5.73 Å². The van der Waals surface area contributed by atoms with Crippen LogP contribution in [0.3, 0.4) is 0 Å². The molecule has 2 atom stereocenters. The molecule has 0 radical (unpaired) electrons. The highest BCUT2D eigenvalue weighted by Crippen LogP contribution is 2.42. The van der Waals surface area contributed by atoms with E-state index in [4.69, 9.17) is 5.73 Å². The summed E-state index contributed by atoms with van der Waals surface area (Å²) >= 11 is 0. The quantitative estimate of drug-likeness (QED) is 0.685. The lowest BCUT2D eigenvalue weighted by molar-refractivity contribution is 0.112. The van der Waals surface area contributed by atoms with E-state index in [0.29, 0.717) is 17.4 Å². The third kappa shape index (κ3) is 2.84. The Kier molecular flexibility index (Phi) is 3.77. The van der Waals surface area contributed by atoms with Crippen LogP contribution in [-0.2, 0) is 0 Å². The minimum absolute atomic E-state index is 0.322. The standard InChI is InChI=1S/C13H25N/c1-10(2)9-12(14)11-7-5-6-8-13(11,3)4/h11-12H,1,5-9,14H2,2-4H3. The molecule has 1 aliphatic carbocycles. The van der Waals surface area contributed by atoms with E-state index in [1.54, 1.807) is 0 Å². The molecule has 0 saturated heterocycles. The molecule has 1 fully saturated rings. The van der Waals surface area contributed by atoms with Crippen LogP contribution in [0.25, 0.3) is 0 Å². The molecule has 0 aromatic carbocycles. The van der Waals surface area contributed by atoms with Crippen molar-refractivity contribution in [3.05, 3.63) is 12.2 Å². The van der Waals surface area contributed by atoms with Gasteiger partial charge in [0.1, 0.15) is 0 Å². The molecular formula is C13H25N. The lowest BCUT2D eigenvalue weighted by atomic mass is 9.65. The molecule has 1 nitrogen and oxygen atoms in total. The Balaban J connectivity index is 2.59. The molecule has 2 unspecified atom stereocenters. The zero-order valence-corrected chi connectivity index (χ0v) is 9.97. The molecule has 82 valence electrons. The van der Waals surface area contributed by atoms with E-state index in [-0.39, 0.29) is 0 Å². The van der Waals surface area contributed by atoms with Crippen molar-refractivity contribution >= 4 is 0 Å². The van der Waals surface area contributed by atoms with Crippen molar-refractivity contribution in [3.8, 4) is 0 Å². The first-order chi connectivity index (χ1) is 6.43. The van der Waals surface area contributed by atoms with Crippen LogP contribution in [0.4, 0.5) is 0 Å². The van der Waals surface area contributed by atoms with Gasteiger partial charge >= 0.3 is 0 Å². The molecule has 0 spiro atoms. The Morgan fingerprint density at radius 2 is 2.14 bits per heavy atom. The second-order valence-electron chi connectivity index (χ2n) is 5.67. The molecule has 2 N–H and O–H groups in total. The van der Waals surface area contributed by atoms with E-state index in [1.807, 2.05) is 0 Å². The smallest absolute Gasteiger partial charge is 0.0109 e. The fourth-order valence-electron chi connectivity index (χ4n) is 2.86. The van der Waals surface area contributed by atoms with Crippen molar-refractivity contribution in [2.75, 3.05) is 0 Å². The van der Waals surface area contributed by atoms with Gasteiger partial charge < -0.3 is 5.73 Å². The summed E-state index contributed by atoms with van der Waals surface area (Å²) in [6.45, 7) is 10.8. The van der Waals surface area contributed by atoms with Crippen molar-refractivity contribution in [2.24, 2.45) is 17.1 Å². The first kappa shape index (κ1) is 11.8. The first-order valence-electron chi connectivity index (χ1n) is 5.83. The first-order valence-corrected chi connectivity index (χ1v) is 5.83. The van der Waals surface area contributed by atoms with E-state index in [1.165, 1.54) is 31.3 Å². The van der Waals surface area contributed by atoms with Crippen LogP contribution in [0.5, 0.6) is 0 Å². The predicted molar refractivity (Wildman–Crippen MR) is 63.1 cm³/mol. The molecule has 1 saturated carbocycles. The van der Waals surface area contributed by atoms with Crippen LogP contribution >= 0.6 is 0 Å². The normalized spacial score (nSPS) is 28.4. The SMILES string of the molecule is C=C(C)CC(N)C1CCCCC1(C)C. The Labute approximate surface area is 88.8 Å². The van der Waals surface area contributed by atoms with Gasteiger partial charge in [0.25, 0.3) is 0 Å². The summed E-state index contributed by atoms with van der Waals surface area (Å²) in [7, 11) is 0. The van der Waals surface area contributed by atoms with Crippen molar-refractivity contribution in [2.45, 2.75) is 58.9 Å². The van der Waals surface area contributed by atoms with E-state index in [2.05, 4.69) is 27.4 Å². The van der Waals surface area contributed by atoms with Gasteiger partial charge in [-0.1, -0.05) is 32.3 Å². The summed E-state index contributed by atoms with van der Waals surface area (Å²) in [5.41, 5.74) is 7.92. The van der Waals surface area contributed by atoms with Gasteiger partial charge in [0.05, 0.1) is 0 Å². The van der Waals surface area contributed by atoms with Gasteiger partial charge in [-0.25, -0.2) is 0 Å². The number of hydrogen-bond acceptors (Lipinski definition) is 1. The van der Waals surface area contributed by atoms with Crippen molar-refractivity contribution in [1.82, 2.24) is 0 Å². The average molecular weight is 195 g/mol. The van der Waals surface area contributed by atoms with E-state index >= 15 is 0 Å². The maximum absolute atomic E-state index is 6.26. The molecule has 0 bridgehead atoms. The zero-order chi connectivity index (χ0) is 10.8. The lowest BCUT2D eigenvalue weighted by Gasteiger charge is -2.42. The summed E-state index contributed by atoms with van der Waals surface area (Å²) in [6.07, 6.45) is 6.37. The lowest BCUT2D eigenvalue weighted by Crippen LogP contribution is -2.41. The van der Waals surface area contributed by atoms with Crippen LogP contribution in [-0.4, -0.2) is 6.04 Å². The third-order valence-corrected chi connectivity index (χ3v) is 3.69. The van der Waals surface area contributed by atoms with E-state index < -0.39 is 0 Å². The van der Waals surface area contributed by atoms with Crippen LogP contribution in [0.1, 0.15) is 52.9 Å². The third-order valence-electron chi connectivity index (χ3n) is 3.69. The summed E-state index contributed by atoms with van der Waals surface area (Å²) in [5.74, 6) is 0.688. The number of hydrogen-bond donors (Lipinski definition) is 1. The topological polar surface area (TPSA) is 26.0 Å². The second-order valence-corrected chi connectivity index (χ2v) is 5.67. The summed E-state index contributed by atoms with van der Waals surface area (Å²) in [5, 5.41) is 0. The fourth-order valence-corrected chi connectivity index (χ4v) is 2.86. The molecule has 0 amide bonds. The highest BCUT2D eigenvalue weighted by Gasteiger charge is 2.35. The molecular weight excluding hydrogens is 170 g/mol. The highest BCUT2D eigenvalue weighted by molar-refractivity contribution is 4.97. The fraction of sp³-hybridized carbons (Fsp3) is 0.846. The van der Waals surface area contributed by atoms with Gasteiger partial charge in [-0.2, -0.15) is 0 Å².